The van der Waals surface area contributed by atoms with Gasteiger partial charge >= 0.3 is 0 Å². The van der Waals surface area contributed by atoms with Gasteiger partial charge in [0.2, 0.25) is 0 Å². The Morgan fingerprint density at radius 3 is 2.95 bits per heavy atom. The maximum Gasteiger partial charge on any atom is 0.262 e. The zero-order chi connectivity index (χ0) is 15.5. The monoisotopic (exact) mass is 313 g/mol. The predicted molar refractivity (Wildman–Crippen MR) is 87.0 cm³/mol. The number of hydrogen-bond acceptors (Lipinski definition) is 5. The summed E-state index contributed by atoms with van der Waals surface area (Å²) in [6.45, 7) is 6.01. The van der Waals surface area contributed by atoms with Crippen LogP contribution in [0.1, 0.15) is 11.5 Å². The molecule has 0 saturated heterocycles. The molecule has 0 amide bonds. The molecule has 112 valence electrons. The van der Waals surface area contributed by atoms with E-state index in [1.54, 1.807) is 16.7 Å². The molecular weight excluding hydrogens is 298 g/mol. The number of allylic oxidation sites excluding steroid dienone is 1. The van der Waals surface area contributed by atoms with Crippen molar-refractivity contribution >= 4 is 22.7 Å². The van der Waals surface area contributed by atoms with Crippen molar-refractivity contribution in [2.24, 2.45) is 0 Å². The molecule has 3 rings (SSSR count). The van der Waals surface area contributed by atoms with Crippen molar-refractivity contribution < 1.29 is 4.52 Å². The Kier molecular flexibility index (Phi) is 4.11. The largest absolute Gasteiger partial charge is 0.360 e. The molecule has 0 bridgehead atoms. The van der Waals surface area contributed by atoms with Crippen molar-refractivity contribution in [3.05, 3.63) is 64.8 Å². The van der Waals surface area contributed by atoms with Gasteiger partial charge in [0.1, 0.15) is 5.76 Å². The number of benzene rings is 1. The van der Waals surface area contributed by atoms with E-state index in [1.165, 1.54) is 11.8 Å². The molecule has 0 radical (unpaired) electrons. The molecule has 0 aliphatic carbocycles. The third kappa shape index (κ3) is 2.82. The van der Waals surface area contributed by atoms with Gasteiger partial charge in [-0.3, -0.25) is 9.36 Å². The third-order valence-corrected chi connectivity index (χ3v) is 4.16. The van der Waals surface area contributed by atoms with Crippen molar-refractivity contribution in [1.82, 2.24) is 14.7 Å². The Morgan fingerprint density at radius 2 is 2.23 bits per heavy atom. The van der Waals surface area contributed by atoms with E-state index in [0.717, 1.165) is 11.5 Å². The first-order chi connectivity index (χ1) is 10.7. The highest BCUT2D eigenvalue weighted by molar-refractivity contribution is 7.98. The number of aromatic nitrogens is 3. The van der Waals surface area contributed by atoms with Gasteiger partial charge in [-0.25, -0.2) is 4.98 Å². The summed E-state index contributed by atoms with van der Waals surface area (Å²) in [4.78, 5) is 17.2. The van der Waals surface area contributed by atoms with Gasteiger partial charge in [-0.15, -0.1) is 6.58 Å². The van der Waals surface area contributed by atoms with Gasteiger partial charge in [0, 0.05) is 12.6 Å². The van der Waals surface area contributed by atoms with E-state index >= 15 is 0 Å². The van der Waals surface area contributed by atoms with E-state index in [-0.39, 0.29) is 5.56 Å². The minimum atomic E-state index is -0.0539. The molecule has 3 aromatic rings. The second kappa shape index (κ2) is 6.19. The van der Waals surface area contributed by atoms with E-state index < -0.39 is 0 Å². The molecule has 0 fully saturated rings. The summed E-state index contributed by atoms with van der Waals surface area (Å²) in [6, 6.07) is 9.23. The Morgan fingerprint density at radius 1 is 1.41 bits per heavy atom. The summed E-state index contributed by atoms with van der Waals surface area (Å²) >= 11 is 1.45. The fraction of sp³-hybridized carbons (Fsp3) is 0.188. The Bertz CT molecular complexity index is 882. The van der Waals surface area contributed by atoms with E-state index in [1.807, 2.05) is 31.2 Å². The summed E-state index contributed by atoms with van der Waals surface area (Å²) < 4.78 is 6.83. The summed E-state index contributed by atoms with van der Waals surface area (Å²) in [5.74, 6) is 1.33. The average molecular weight is 313 g/mol. The van der Waals surface area contributed by atoms with Crippen LogP contribution in [-0.2, 0) is 12.3 Å². The van der Waals surface area contributed by atoms with Crippen molar-refractivity contribution in [3.63, 3.8) is 0 Å². The van der Waals surface area contributed by atoms with Crippen molar-refractivity contribution in [2.45, 2.75) is 24.4 Å². The molecule has 2 heterocycles. The SMILES string of the molecule is C=CCn1c(SCc2cc(C)no2)nc2ccccc2c1=O. The molecule has 22 heavy (non-hydrogen) atoms. The van der Waals surface area contributed by atoms with Crippen LogP contribution in [0.25, 0.3) is 10.9 Å². The van der Waals surface area contributed by atoms with Crippen LogP contribution in [0, 0.1) is 6.92 Å². The van der Waals surface area contributed by atoms with Gasteiger partial charge in [0.25, 0.3) is 5.56 Å². The molecule has 0 aliphatic rings. The minimum absolute atomic E-state index is 0.0539. The van der Waals surface area contributed by atoms with E-state index in [4.69, 9.17) is 4.52 Å². The normalized spacial score (nSPS) is 11.0. The molecule has 0 N–H and O–H groups in total. The molecule has 1 aromatic carbocycles. The quantitative estimate of drug-likeness (QED) is 0.411. The van der Waals surface area contributed by atoms with Crippen molar-refractivity contribution in [3.8, 4) is 0 Å². The third-order valence-electron chi connectivity index (χ3n) is 3.16. The highest BCUT2D eigenvalue weighted by Crippen LogP contribution is 2.22. The highest BCUT2D eigenvalue weighted by atomic mass is 32.2. The van der Waals surface area contributed by atoms with Gasteiger partial charge in [-0.1, -0.05) is 35.1 Å². The van der Waals surface area contributed by atoms with Crippen molar-refractivity contribution in [2.75, 3.05) is 0 Å². The number of para-hydroxylation sites is 1. The van der Waals surface area contributed by atoms with E-state index in [2.05, 4.69) is 16.7 Å². The number of aryl methyl sites for hydroxylation is 1. The average Bonchev–Trinajstić information content (AvgIpc) is 2.94. The van der Waals surface area contributed by atoms with Crippen LogP contribution >= 0.6 is 11.8 Å². The van der Waals surface area contributed by atoms with Gasteiger partial charge in [0.15, 0.2) is 5.16 Å². The molecule has 0 spiro atoms. The van der Waals surface area contributed by atoms with Gasteiger partial charge in [0.05, 0.1) is 22.3 Å². The molecule has 0 atom stereocenters. The van der Waals surface area contributed by atoms with Gasteiger partial charge < -0.3 is 4.52 Å². The minimum Gasteiger partial charge on any atom is -0.360 e. The summed E-state index contributed by atoms with van der Waals surface area (Å²) in [5, 5.41) is 5.13. The first kappa shape index (κ1) is 14.6. The molecule has 5 nitrogen and oxygen atoms in total. The van der Waals surface area contributed by atoms with Crippen LogP contribution in [0.15, 0.2) is 57.5 Å². The van der Waals surface area contributed by atoms with Crippen LogP contribution in [0.3, 0.4) is 0 Å². The first-order valence-corrected chi connectivity index (χ1v) is 7.83. The second-order valence-corrected chi connectivity index (χ2v) is 5.78. The smallest absolute Gasteiger partial charge is 0.262 e. The van der Waals surface area contributed by atoms with Gasteiger partial charge in [-0.05, 0) is 19.1 Å². The fourth-order valence-electron chi connectivity index (χ4n) is 2.17. The summed E-state index contributed by atoms with van der Waals surface area (Å²) in [6.07, 6.45) is 1.69. The number of thioether (sulfide) groups is 1. The van der Waals surface area contributed by atoms with E-state index in [9.17, 15) is 4.79 Å². The lowest BCUT2D eigenvalue weighted by molar-refractivity contribution is 0.391. The molecule has 2 aromatic heterocycles. The Balaban J connectivity index is 2.01. The Labute approximate surface area is 131 Å². The highest BCUT2D eigenvalue weighted by Gasteiger charge is 2.11. The zero-order valence-electron chi connectivity index (χ0n) is 12.2. The molecule has 0 unspecified atom stereocenters. The molecular formula is C16H15N3O2S. The second-order valence-electron chi connectivity index (χ2n) is 4.84. The lowest BCUT2D eigenvalue weighted by Crippen LogP contribution is -2.22. The van der Waals surface area contributed by atoms with Crippen LogP contribution in [-0.4, -0.2) is 14.7 Å². The van der Waals surface area contributed by atoms with Crippen molar-refractivity contribution in [1.29, 1.82) is 0 Å². The standard InChI is InChI=1S/C16H15N3O2S/c1-3-8-19-15(20)13-6-4-5-7-14(13)17-16(19)22-10-12-9-11(2)18-21-12/h3-7,9H,1,8,10H2,2H3. The summed E-state index contributed by atoms with van der Waals surface area (Å²) in [7, 11) is 0. The number of fused-ring (bicyclic) bond motifs is 1. The zero-order valence-corrected chi connectivity index (χ0v) is 13.0. The van der Waals surface area contributed by atoms with Crippen LogP contribution in [0.2, 0.25) is 0 Å². The Hall–Kier alpha value is -2.34. The molecule has 6 heteroatoms. The number of nitrogens with zero attached hydrogens (tertiary/aromatic N) is 3. The van der Waals surface area contributed by atoms with Crippen LogP contribution in [0.4, 0.5) is 0 Å². The topological polar surface area (TPSA) is 60.9 Å². The van der Waals surface area contributed by atoms with Crippen LogP contribution < -0.4 is 5.56 Å². The molecule has 0 aliphatic heterocycles. The lowest BCUT2D eigenvalue weighted by atomic mass is 10.2. The maximum absolute atomic E-state index is 12.6. The summed E-state index contributed by atoms with van der Waals surface area (Å²) in [5.41, 5.74) is 1.48. The predicted octanol–water partition coefficient (Wildman–Crippen LogP) is 3.17. The lowest BCUT2D eigenvalue weighted by Gasteiger charge is -2.10. The number of hydrogen-bond donors (Lipinski definition) is 0. The maximum atomic E-state index is 12.6. The molecule has 0 saturated carbocycles. The first-order valence-electron chi connectivity index (χ1n) is 6.84. The van der Waals surface area contributed by atoms with E-state index in [0.29, 0.717) is 28.4 Å². The van der Waals surface area contributed by atoms with Crippen LogP contribution in [0.5, 0.6) is 0 Å². The fourth-order valence-corrected chi connectivity index (χ4v) is 3.05. The van der Waals surface area contributed by atoms with Gasteiger partial charge in [-0.2, -0.15) is 0 Å². The number of rotatable bonds is 5.